The molecule has 0 spiro atoms. The van der Waals surface area contributed by atoms with E-state index in [1.807, 2.05) is 30.3 Å². The largest absolute Gasteiger partial charge is 0.488 e. The van der Waals surface area contributed by atoms with Gasteiger partial charge in [-0.05, 0) is 29.0 Å². The van der Waals surface area contributed by atoms with Crippen LogP contribution in [0.5, 0.6) is 5.75 Å². The third kappa shape index (κ3) is 2.99. The van der Waals surface area contributed by atoms with Crippen molar-refractivity contribution in [1.82, 2.24) is 0 Å². The Bertz CT molecular complexity index is 789. The molecule has 0 radical (unpaired) electrons. The van der Waals surface area contributed by atoms with Gasteiger partial charge in [-0.3, -0.25) is 4.79 Å². The first kappa shape index (κ1) is 15.7. The second kappa shape index (κ2) is 5.78. The van der Waals surface area contributed by atoms with E-state index in [-0.39, 0.29) is 12.4 Å². The van der Waals surface area contributed by atoms with E-state index in [9.17, 15) is 9.18 Å². The first-order chi connectivity index (χ1) is 10.9. The SMILES string of the molecule is C[Si](C)(C)/C(=C1\COc2ccc(F)cc2C1=O)c1ccccc1. The molecule has 0 N–H and O–H groups in total. The van der Waals surface area contributed by atoms with Crippen LogP contribution in [0, 0.1) is 5.82 Å². The Hall–Kier alpha value is -2.20. The smallest absolute Gasteiger partial charge is 0.196 e. The first-order valence-corrected chi connectivity index (χ1v) is 11.1. The van der Waals surface area contributed by atoms with Crippen molar-refractivity contribution >= 4 is 19.1 Å². The van der Waals surface area contributed by atoms with Gasteiger partial charge in [0, 0.05) is 5.57 Å². The predicted octanol–water partition coefficient (Wildman–Crippen LogP) is 4.73. The maximum Gasteiger partial charge on any atom is 0.196 e. The minimum Gasteiger partial charge on any atom is -0.488 e. The summed E-state index contributed by atoms with van der Waals surface area (Å²) in [6, 6.07) is 14.1. The molecule has 4 heteroatoms. The van der Waals surface area contributed by atoms with Crippen LogP contribution in [0.3, 0.4) is 0 Å². The van der Waals surface area contributed by atoms with E-state index in [0.717, 1.165) is 10.8 Å². The van der Waals surface area contributed by atoms with Crippen LogP contribution in [0.2, 0.25) is 19.6 Å². The Balaban J connectivity index is 2.20. The highest BCUT2D eigenvalue weighted by Crippen LogP contribution is 2.35. The number of Topliss-reactive ketones (excluding diaryl/α,β-unsaturated/α-hetero) is 1. The van der Waals surface area contributed by atoms with Crippen LogP contribution in [-0.4, -0.2) is 20.5 Å². The molecule has 0 fully saturated rings. The van der Waals surface area contributed by atoms with Gasteiger partial charge in [0.15, 0.2) is 5.78 Å². The van der Waals surface area contributed by atoms with E-state index in [2.05, 4.69) is 19.6 Å². The van der Waals surface area contributed by atoms with Gasteiger partial charge < -0.3 is 4.74 Å². The monoisotopic (exact) mass is 326 g/mol. The lowest BCUT2D eigenvalue weighted by molar-refractivity contribution is 0.1000. The molecule has 2 aromatic rings. The van der Waals surface area contributed by atoms with Crippen molar-refractivity contribution in [3.8, 4) is 5.75 Å². The number of rotatable bonds is 2. The van der Waals surface area contributed by atoms with Crippen LogP contribution in [0.1, 0.15) is 15.9 Å². The van der Waals surface area contributed by atoms with E-state index in [4.69, 9.17) is 4.74 Å². The van der Waals surface area contributed by atoms with E-state index in [0.29, 0.717) is 16.9 Å². The van der Waals surface area contributed by atoms with Gasteiger partial charge in [0.1, 0.15) is 18.2 Å². The van der Waals surface area contributed by atoms with Crippen LogP contribution in [0.4, 0.5) is 4.39 Å². The highest BCUT2D eigenvalue weighted by Gasteiger charge is 2.32. The fourth-order valence-corrected chi connectivity index (χ4v) is 5.16. The normalized spacial score (nSPS) is 16.6. The second-order valence-corrected chi connectivity index (χ2v) is 11.7. The molecule has 2 aromatic carbocycles. The zero-order valence-electron chi connectivity index (χ0n) is 13.5. The molecule has 1 heterocycles. The summed E-state index contributed by atoms with van der Waals surface area (Å²) < 4.78 is 19.3. The average molecular weight is 326 g/mol. The number of ether oxygens (including phenoxy) is 1. The van der Waals surface area contributed by atoms with Crippen molar-refractivity contribution in [3.05, 3.63) is 71.0 Å². The van der Waals surface area contributed by atoms with Gasteiger partial charge in [0.05, 0.1) is 13.6 Å². The van der Waals surface area contributed by atoms with Crippen molar-refractivity contribution in [2.75, 3.05) is 6.61 Å². The predicted molar refractivity (Wildman–Crippen MR) is 92.9 cm³/mol. The molecule has 23 heavy (non-hydrogen) atoms. The molecule has 0 aliphatic carbocycles. The number of ketones is 1. The van der Waals surface area contributed by atoms with E-state index >= 15 is 0 Å². The van der Waals surface area contributed by atoms with Gasteiger partial charge in [0.2, 0.25) is 0 Å². The molecular weight excluding hydrogens is 307 g/mol. The number of hydrogen-bond donors (Lipinski definition) is 0. The van der Waals surface area contributed by atoms with Crippen molar-refractivity contribution in [3.63, 3.8) is 0 Å². The quantitative estimate of drug-likeness (QED) is 0.589. The molecule has 0 bridgehead atoms. The van der Waals surface area contributed by atoms with E-state index in [1.165, 1.54) is 18.2 Å². The molecule has 0 atom stereocenters. The Kier molecular flexibility index (Phi) is 3.94. The minimum absolute atomic E-state index is 0.118. The second-order valence-electron chi connectivity index (χ2n) is 6.73. The van der Waals surface area contributed by atoms with Crippen molar-refractivity contribution < 1.29 is 13.9 Å². The van der Waals surface area contributed by atoms with Gasteiger partial charge in [-0.1, -0.05) is 50.0 Å². The van der Waals surface area contributed by atoms with Gasteiger partial charge >= 0.3 is 0 Å². The molecule has 0 unspecified atom stereocenters. The number of halogens is 1. The molecule has 1 aliphatic heterocycles. The lowest BCUT2D eigenvalue weighted by atomic mass is 9.98. The van der Waals surface area contributed by atoms with Gasteiger partial charge in [-0.2, -0.15) is 0 Å². The summed E-state index contributed by atoms with van der Waals surface area (Å²) in [6.45, 7) is 6.86. The van der Waals surface area contributed by atoms with Crippen molar-refractivity contribution in [2.45, 2.75) is 19.6 Å². The van der Waals surface area contributed by atoms with E-state index in [1.54, 1.807) is 0 Å². The fraction of sp³-hybridized carbons (Fsp3) is 0.211. The summed E-state index contributed by atoms with van der Waals surface area (Å²) in [5.74, 6) is -0.0774. The number of carbonyl (C=O) groups is 1. The van der Waals surface area contributed by atoms with Crippen LogP contribution in [-0.2, 0) is 0 Å². The lowest BCUT2D eigenvalue weighted by Crippen LogP contribution is -2.30. The summed E-state index contributed by atoms with van der Waals surface area (Å²) in [4.78, 5) is 12.9. The minimum atomic E-state index is -1.81. The number of carbonyl (C=O) groups excluding carboxylic acids is 1. The van der Waals surface area contributed by atoms with Crippen molar-refractivity contribution in [2.24, 2.45) is 0 Å². The molecule has 1 aliphatic rings. The molecule has 0 saturated carbocycles. The number of hydrogen-bond acceptors (Lipinski definition) is 2. The summed E-state index contributed by atoms with van der Waals surface area (Å²) in [7, 11) is -1.81. The Morgan fingerprint density at radius 1 is 1.09 bits per heavy atom. The average Bonchev–Trinajstić information content (AvgIpc) is 2.50. The van der Waals surface area contributed by atoms with Gasteiger partial charge in [-0.15, -0.1) is 0 Å². The molecule has 0 aromatic heterocycles. The lowest BCUT2D eigenvalue weighted by Gasteiger charge is -2.28. The standard InChI is InChI=1S/C19H19FO2Si/c1-23(2,3)19(13-7-5-4-6-8-13)16-12-22-17-10-9-14(20)11-15(17)18(16)21/h4-11H,12H2,1-3H3/b19-16+. The maximum absolute atomic E-state index is 13.5. The van der Waals surface area contributed by atoms with Crippen LogP contribution in [0.25, 0.3) is 5.20 Å². The zero-order valence-corrected chi connectivity index (χ0v) is 14.5. The highest BCUT2D eigenvalue weighted by atomic mass is 28.3. The molecule has 0 amide bonds. The third-order valence-electron chi connectivity index (χ3n) is 3.95. The Morgan fingerprint density at radius 2 is 1.78 bits per heavy atom. The topological polar surface area (TPSA) is 26.3 Å². The molecule has 0 saturated heterocycles. The molecule has 2 nitrogen and oxygen atoms in total. The molecule has 118 valence electrons. The van der Waals surface area contributed by atoms with Crippen LogP contribution < -0.4 is 4.74 Å². The van der Waals surface area contributed by atoms with Crippen molar-refractivity contribution in [1.29, 1.82) is 0 Å². The van der Waals surface area contributed by atoms with Crippen LogP contribution >= 0.6 is 0 Å². The highest BCUT2D eigenvalue weighted by molar-refractivity contribution is 6.94. The third-order valence-corrected chi connectivity index (χ3v) is 6.04. The summed E-state index contributed by atoms with van der Waals surface area (Å²) in [5, 5.41) is 1.08. The van der Waals surface area contributed by atoms with Gasteiger partial charge in [0.25, 0.3) is 0 Å². The molecular formula is C19H19FO2Si. The number of benzene rings is 2. The summed E-state index contributed by atoms with van der Waals surface area (Å²) >= 11 is 0. The molecule has 3 rings (SSSR count). The number of fused-ring (bicyclic) bond motifs is 1. The van der Waals surface area contributed by atoms with Crippen LogP contribution in [0.15, 0.2) is 54.1 Å². The fourth-order valence-electron chi connectivity index (χ4n) is 3.03. The zero-order chi connectivity index (χ0) is 16.6. The Morgan fingerprint density at radius 3 is 2.43 bits per heavy atom. The Labute approximate surface area is 136 Å². The maximum atomic E-state index is 13.5. The summed E-state index contributed by atoms with van der Waals surface area (Å²) in [5.41, 5.74) is 2.03. The summed E-state index contributed by atoms with van der Waals surface area (Å²) in [6.07, 6.45) is 0. The van der Waals surface area contributed by atoms with Gasteiger partial charge in [-0.25, -0.2) is 4.39 Å². The van der Waals surface area contributed by atoms with E-state index < -0.39 is 13.9 Å². The first-order valence-electron chi connectivity index (χ1n) is 7.64.